The summed E-state index contributed by atoms with van der Waals surface area (Å²) in [6.45, 7) is 5.69. The molecule has 0 saturated heterocycles. The summed E-state index contributed by atoms with van der Waals surface area (Å²) in [7, 11) is 1.78. The molecule has 0 aromatic heterocycles. The first-order chi connectivity index (χ1) is 10.0. The van der Waals surface area contributed by atoms with Gasteiger partial charge >= 0.3 is 0 Å². The number of benzene rings is 1. The molecule has 1 aliphatic heterocycles. The van der Waals surface area contributed by atoms with Crippen LogP contribution in [-0.4, -0.2) is 37.1 Å². The topological polar surface area (TPSA) is 64.8 Å². The molecule has 21 heavy (non-hydrogen) atoms. The highest BCUT2D eigenvalue weighted by molar-refractivity contribution is 5.81. The van der Waals surface area contributed by atoms with E-state index >= 15 is 0 Å². The molecule has 0 bridgehead atoms. The number of carbonyl (C=O) groups is 1. The number of hydrogen-bond donors (Lipinski definition) is 1. The second-order valence-electron chi connectivity index (χ2n) is 5.58. The van der Waals surface area contributed by atoms with Gasteiger partial charge in [-0.2, -0.15) is 0 Å². The predicted molar refractivity (Wildman–Crippen MR) is 81.3 cm³/mol. The number of fused-ring (bicyclic) bond motifs is 1. The molecule has 0 saturated carbocycles. The first kappa shape index (κ1) is 15.6. The summed E-state index contributed by atoms with van der Waals surface area (Å²) >= 11 is 0. The third-order valence-corrected chi connectivity index (χ3v) is 3.94. The van der Waals surface area contributed by atoms with Gasteiger partial charge in [0.25, 0.3) is 0 Å². The molecule has 1 aliphatic rings. The minimum absolute atomic E-state index is 0.0285. The van der Waals surface area contributed by atoms with E-state index < -0.39 is 6.04 Å². The fraction of sp³-hybridized carbons (Fsp3) is 0.562. The van der Waals surface area contributed by atoms with Crippen molar-refractivity contribution in [3.8, 4) is 11.5 Å². The molecule has 0 aliphatic carbocycles. The minimum atomic E-state index is -0.447. The zero-order valence-electron chi connectivity index (χ0n) is 13.0. The van der Waals surface area contributed by atoms with Crippen molar-refractivity contribution in [1.29, 1.82) is 0 Å². The molecule has 1 amide bonds. The lowest BCUT2D eigenvalue weighted by atomic mass is 9.99. The monoisotopic (exact) mass is 292 g/mol. The maximum atomic E-state index is 12.3. The third kappa shape index (κ3) is 3.67. The highest BCUT2D eigenvalue weighted by Gasteiger charge is 2.23. The van der Waals surface area contributed by atoms with Crippen molar-refractivity contribution < 1.29 is 14.3 Å². The zero-order chi connectivity index (χ0) is 15.4. The highest BCUT2D eigenvalue weighted by Crippen LogP contribution is 2.31. The smallest absolute Gasteiger partial charge is 0.239 e. The Labute approximate surface area is 126 Å². The lowest BCUT2D eigenvalue weighted by Crippen LogP contribution is -2.45. The molecule has 5 nitrogen and oxygen atoms in total. The molecule has 1 aromatic rings. The first-order valence-electron chi connectivity index (χ1n) is 7.42. The van der Waals surface area contributed by atoms with Crippen molar-refractivity contribution in [2.75, 3.05) is 20.3 Å². The standard InChI is InChI=1S/C16H24N2O3/c1-4-11(2)15(17)16(19)18(3)10-12-5-6-13-14(9-12)21-8-7-20-13/h5-6,9,11,15H,4,7-8,10,17H2,1-3H3. The molecule has 0 fully saturated rings. The molecule has 2 rings (SSSR count). The number of nitrogens with two attached hydrogens (primary N) is 1. The summed E-state index contributed by atoms with van der Waals surface area (Å²) in [6.07, 6.45) is 0.894. The van der Waals surface area contributed by atoms with E-state index in [2.05, 4.69) is 0 Å². The van der Waals surface area contributed by atoms with E-state index in [1.807, 2.05) is 32.0 Å². The van der Waals surface area contributed by atoms with Crippen molar-refractivity contribution in [3.05, 3.63) is 23.8 Å². The molecule has 2 atom stereocenters. The first-order valence-corrected chi connectivity index (χ1v) is 7.42. The van der Waals surface area contributed by atoms with Crippen LogP contribution < -0.4 is 15.2 Å². The zero-order valence-corrected chi connectivity index (χ0v) is 13.0. The average molecular weight is 292 g/mol. The number of rotatable bonds is 5. The summed E-state index contributed by atoms with van der Waals surface area (Å²) in [5.41, 5.74) is 7.01. The quantitative estimate of drug-likeness (QED) is 0.898. The number of hydrogen-bond acceptors (Lipinski definition) is 4. The summed E-state index contributed by atoms with van der Waals surface area (Å²) in [4.78, 5) is 14.0. The summed E-state index contributed by atoms with van der Waals surface area (Å²) in [5.74, 6) is 1.65. The van der Waals surface area contributed by atoms with Gasteiger partial charge in [-0.25, -0.2) is 0 Å². The van der Waals surface area contributed by atoms with Gasteiger partial charge in [-0.1, -0.05) is 26.3 Å². The summed E-state index contributed by atoms with van der Waals surface area (Å²) < 4.78 is 11.0. The average Bonchev–Trinajstić information content (AvgIpc) is 2.52. The summed E-state index contributed by atoms with van der Waals surface area (Å²) in [6, 6.07) is 5.31. The number of nitrogens with zero attached hydrogens (tertiary/aromatic N) is 1. The molecular formula is C16H24N2O3. The van der Waals surface area contributed by atoms with E-state index in [-0.39, 0.29) is 11.8 Å². The van der Waals surface area contributed by atoms with Gasteiger partial charge < -0.3 is 20.1 Å². The van der Waals surface area contributed by atoms with E-state index in [1.54, 1.807) is 11.9 Å². The largest absolute Gasteiger partial charge is 0.486 e. The van der Waals surface area contributed by atoms with Crippen LogP contribution in [0.2, 0.25) is 0 Å². The van der Waals surface area contributed by atoms with Gasteiger partial charge in [-0.05, 0) is 23.6 Å². The van der Waals surface area contributed by atoms with Crippen LogP contribution in [0.4, 0.5) is 0 Å². The van der Waals surface area contributed by atoms with Crippen LogP contribution in [-0.2, 0) is 11.3 Å². The Balaban J connectivity index is 2.02. The van der Waals surface area contributed by atoms with E-state index in [0.717, 1.165) is 23.5 Å². The third-order valence-electron chi connectivity index (χ3n) is 3.94. The Bertz CT molecular complexity index is 504. The Kier molecular flexibility index (Phi) is 5.07. The highest BCUT2D eigenvalue weighted by atomic mass is 16.6. The maximum Gasteiger partial charge on any atom is 0.239 e. The van der Waals surface area contributed by atoms with Crippen molar-refractivity contribution in [2.45, 2.75) is 32.9 Å². The van der Waals surface area contributed by atoms with Gasteiger partial charge in [0.1, 0.15) is 13.2 Å². The minimum Gasteiger partial charge on any atom is -0.486 e. The lowest BCUT2D eigenvalue weighted by Gasteiger charge is -2.25. The Morgan fingerprint density at radius 1 is 1.33 bits per heavy atom. The fourth-order valence-corrected chi connectivity index (χ4v) is 2.29. The normalized spacial score (nSPS) is 16.2. The number of amides is 1. The molecule has 5 heteroatoms. The Morgan fingerprint density at radius 3 is 2.67 bits per heavy atom. The second kappa shape index (κ2) is 6.80. The molecule has 0 radical (unpaired) electrons. The lowest BCUT2D eigenvalue weighted by molar-refractivity contribution is -0.132. The molecule has 2 N–H and O–H groups in total. The van der Waals surface area contributed by atoms with Crippen molar-refractivity contribution >= 4 is 5.91 Å². The van der Waals surface area contributed by atoms with Gasteiger partial charge in [0, 0.05) is 13.6 Å². The summed E-state index contributed by atoms with van der Waals surface area (Å²) in [5, 5.41) is 0. The van der Waals surface area contributed by atoms with Crippen LogP contribution >= 0.6 is 0 Å². The number of carbonyl (C=O) groups excluding carboxylic acids is 1. The van der Waals surface area contributed by atoms with Crippen LogP contribution in [0.1, 0.15) is 25.8 Å². The van der Waals surface area contributed by atoms with Crippen LogP contribution in [0, 0.1) is 5.92 Å². The van der Waals surface area contributed by atoms with Gasteiger partial charge in [-0.15, -0.1) is 0 Å². The van der Waals surface area contributed by atoms with E-state index in [0.29, 0.717) is 19.8 Å². The second-order valence-corrected chi connectivity index (χ2v) is 5.58. The van der Waals surface area contributed by atoms with Crippen LogP contribution in [0.3, 0.4) is 0 Å². The van der Waals surface area contributed by atoms with Gasteiger partial charge in [0.2, 0.25) is 5.91 Å². The molecule has 116 valence electrons. The number of likely N-dealkylation sites (N-methyl/N-ethyl adjacent to an activating group) is 1. The fourth-order valence-electron chi connectivity index (χ4n) is 2.29. The van der Waals surface area contributed by atoms with E-state index in [1.165, 1.54) is 0 Å². The van der Waals surface area contributed by atoms with Gasteiger partial charge in [-0.3, -0.25) is 4.79 Å². The molecule has 2 unspecified atom stereocenters. The van der Waals surface area contributed by atoms with Gasteiger partial charge in [0.15, 0.2) is 11.5 Å². The van der Waals surface area contributed by atoms with Gasteiger partial charge in [0.05, 0.1) is 6.04 Å². The van der Waals surface area contributed by atoms with Crippen LogP contribution in [0.15, 0.2) is 18.2 Å². The Morgan fingerprint density at radius 2 is 2.00 bits per heavy atom. The SMILES string of the molecule is CCC(C)C(N)C(=O)N(C)Cc1ccc2c(c1)OCCO2. The molecule has 0 spiro atoms. The number of ether oxygens (including phenoxy) is 2. The molecule has 1 heterocycles. The Hall–Kier alpha value is -1.75. The molecule has 1 aromatic carbocycles. The molecular weight excluding hydrogens is 268 g/mol. The predicted octanol–water partition coefficient (Wildman–Crippen LogP) is 1.79. The van der Waals surface area contributed by atoms with Crippen LogP contribution in [0.5, 0.6) is 11.5 Å². The van der Waals surface area contributed by atoms with Crippen molar-refractivity contribution in [3.63, 3.8) is 0 Å². The van der Waals surface area contributed by atoms with Crippen molar-refractivity contribution in [1.82, 2.24) is 4.90 Å². The van der Waals surface area contributed by atoms with Crippen LogP contribution in [0.25, 0.3) is 0 Å². The maximum absolute atomic E-state index is 12.3. The van der Waals surface area contributed by atoms with E-state index in [4.69, 9.17) is 15.2 Å². The van der Waals surface area contributed by atoms with Crippen molar-refractivity contribution in [2.24, 2.45) is 11.7 Å². The van der Waals surface area contributed by atoms with E-state index in [9.17, 15) is 4.79 Å².